The van der Waals surface area contributed by atoms with Gasteiger partial charge in [0.15, 0.2) is 6.61 Å². The quantitative estimate of drug-likeness (QED) is 0.658. The number of rotatable bonds is 5. The third-order valence-corrected chi connectivity index (χ3v) is 6.47. The monoisotopic (exact) mass is 395 g/mol. The molecule has 1 fully saturated rings. The van der Waals surface area contributed by atoms with Crippen LogP contribution in [0.25, 0.3) is 10.2 Å². The van der Waals surface area contributed by atoms with E-state index in [0.29, 0.717) is 0 Å². The second-order valence-corrected chi connectivity index (χ2v) is 8.28. The maximum atomic E-state index is 12.5. The van der Waals surface area contributed by atoms with Gasteiger partial charge in [-0.2, -0.15) is 0 Å². The van der Waals surface area contributed by atoms with Gasteiger partial charge in [-0.1, -0.05) is 29.8 Å². The highest BCUT2D eigenvalue weighted by atomic mass is 32.1. The van der Waals surface area contributed by atoms with Crippen molar-refractivity contribution in [3.63, 3.8) is 0 Å². The van der Waals surface area contributed by atoms with Crippen LogP contribution in [0.15, 0.2) is 48.5 Å². The number of para-hydroxylation sites is 1. The molecular formula is C22H25N3O2S. The molecule has 6 heteroatoms. The van der Waals surface area contributed by atoms with Crippen LogP contribution in [0.4, 0.5) is 0 Å². The molecule has 0 spiro atoms. The standard InChI is InChI=1S/C22H25N3O2S/c1-16-7-9-18(10-8-16)27-15-21(26)25-13-11-24(12-14-25)17(2)22-23-19-5-3-4-6-20(19)28-22/h3-10,17H,11-15H2,1-2H3. The van der Waals surface area contributed by atoms with Gasteiger partial charge in [-0.3, -0.25) is 9.69 Å². The molecular weight excluding hydrogens is 370 g/mol. The Balaban J connectivity index is 1.29. The molecule has 1 unspecified atom stereocenters. The Labute approximate surface area is 169 Å². The summed E-state index contributed by atoms with van der Waals surface area (Å²) in [5.74, 6) is 0.787. The Morgan fingerprint density at radius 3 is 2.54 bits per heavy atom. The van der Waals surface area contributed by atoms with E-state index in [4.69, 9.17) is 9.72 Å². The molecule has 146 valence electrons. The molecule has 1 amide bonds. The molecule has 1 aliphatic heterocycles. The molecule has 1 saturated heterocycles. The minimum absolute atomic E-state index is 0.0489. The maximum absolute atomic E-state index is 12.5. The molecule has 2 heterocycles. The van der Waals surface area contributed by atoms with Crippen molar-refractivity contribution in [3.8, 4) is 5.75 Å². The van der Waals surface area contributed by atoms with Crippen molar-refractivity contribution in [3.05, 3.63) is 59.1 Å². The predicted molar refractivity (Wildman–Crippen MR) is 113 cm³/mol. The first-order valence-electron chi connectivity index (χ1n) is 9.67. The van der Waals surface area contributed by atoms with Gasteiger partial charge in [-0.05, 0) is 38.1 Å². The predicted octanol–water partition coefficient (Wildman–Crippen LogP) is 3.89. The number of hydrogen-bond donors (Lipinski definition) is 0. The molecule has 28 heavy (non-hydrogen) atoms. The zero-order valence-electron chi connectivity index (χ0n) is 16.3. The van der Waals surface area contributed by atoms with E-state index in [1.54, 1.807) is 11.3 Å². The summed E-state index contributed by atoms with van der Waals surface area (Å²) in [7, 11) is 0. The van der Waals surface area contributed by atoms with Crippen molar-refractivity contribution in [2.24, 2.45) is 0 Å². The molecule has 0 bridgehead atoms. The van der Waals surface area contributed by atoms with Crippen molar-refractivity contribution in [1.82, 2.24) is 14.8 Å². The van der Waals surface area contributed by atoms with Crippen LogP contribution in [-0.4, -0.2) is 53.5 Å². The van der Waals surface area contributed by atoms with E-state index >= 15 is 0 Å². The number of aryl methyl sites for hydroxylation is 1. The van der Waals surface area contributed by atoms with E-state index in [1.165, 1.54) is 10.3 Å². The smallest absolute Gasteiger partial charge is 0.260 e. The van der Waals surface area contributed by atoms with Crippen LogP contribution in [-0.2, 0) is 4.79 Å². The van der Waals surface area contributed by atoms with Gasteiger partial charge < -0.3 is 9.64 Å². The second-order valence-electron chi connectivity index (χ2n) is 7.21. The molecule has 2 aromatic carbocycles. The Bertz CT molecular complexity index is 913. The van der Waals surface area contributed by atoms with E-state index in [2.05, 4.69) is 30.0 Å². The number of amides is 1. The molecule has 5 nitrogen and oxygen atoms in total. The van der Waals surface area contributed by atoms with E-state index in [1.807, 2.05) is 42.2 Å². The zero-order valence-corrected chi connectivity index (χ0v) is 17.1. The van der Waals surface area contributed by atoms with Crippen LogP contribution >= 0.6 is 11.3 Å². The first-order valence-corrected chi connectivity index (χ1v) is 10.5. The average molecular weight is 396 g/mol. The Hall–Kier alpha value is -2.44. The number of ether oxygens (including phenoxy) is 1. The first-order chi connectivity index (χ1) is 13.6. The summed E-state index contributed by atoms with van der Waals surface area (Å²) in [6.07, 6.45) is 0. The lowest BCUT2D eigenvalue weighted by molar-refractivity contribution is -0.135. The Kier molecular flexibility index (Phi) is 5.59. The number of aromatic nitrogens is 1. The summed E-state index contributed by atoms with van der Waals surface area (Å²) in [6.45, 7) is 7.49. The topological polar surface area (TPSA) is 45.7 Å². The SMILES string of the molecule is Cc1ccc(OCC(=O)N2CCN(C(C)c3nc4ccccc4s3)CC2)cc1. The number of piperazine rings is 1. The van der Waals surface area contributed by atoms with Crippen molar-refractivity contribution in [1.29, 1.82) is 0 Å². The lowest BCUT2D eigenvalue weighted by Gasteiger charge is -2.37. The number of carbonyl (C=O) groups excluding carboxylic acids is 1. The summed E-state index contributed by atoms with van der Waals surface area (Å²) in [6, 6.07) is 16.3. The van der Waals surface area contributed by atoms with Gasteiger partial charge in [0.1, 0.15) is 10.8 Å². The number of fused-ring (bicyclic) bond motifs is 1. The molecule has 0 aliphatic carbocycles. The lowest BCUT2D eigenvalue weighted by Crippen LogP contribution is -2.50. The van der Waals surface area contributed by atoms with Crippen LogP contribution in [0.2, 0.25) is 0 Å². The maximum Gasteiger partial charge on any atom is 0.260 e. The van der Waals surface area contributed by atoms with Gasteiger partial charge in [-0.25, -0.2) is 4.98 Å². The van der Waals surface area contributed by atoms with E-state index in [0.717, 1.165) is 42.5 Å². The summed E-state index contributed by atoms with van der Waals surface area (Å²) in [5, 5.41) is 1.14. The average Bonchev–Trinajstić information content (AvgIpc) is 3.17. The summed E-state index contributed by atoms with van der Waals surface area (Å²) in [5.41, 5.74) is 2.24. The van der Waals surface area contributed by atoms with Crippen LogP contribution in [0.5, 0.6) is 5.75 Å². The van der Waals surface area contributed by atoms with Crippen LogP contribution in [0.1, 0.15) is 23.5 Å². The largest absolute Gasteiger partial charge is 0.484 e. The number of thiazole rings is 1. The molecule has 1 atom stereocenters. The number of benzene rings is 2. The second kappa shape index (κ2) is 8.29. The highest BCUT2D eigenvalue weighted by Crippen LogP contribution is 2.29. The van der Waals surface area contributed by atoms with Crippen LogP contribution in [0, 0.1) is 6.92 Å². The van der Waals surface area contributed by atoms with Crippen molar-refractivity contribution in [2.45, 2.75) is 19.9 Å². The first kappa shape index (κ1) is 18.9. The summed E-state index contributed by atoms with van der Waals surface area (Å²) < 4.78 is 6.87. The fraction of sp³-hybridized carbons (Fsp3) is 0.364. The van der Waals surface area contributed by atoms with Crippen molar-refractivity contribution in [2.75, 3.05) is 32.8 Å². The Morgan fingerprint density at radius 2 is 1.82 bits per heavy atom. The molecule has 0 saturated carbocycles. The zero-order chi connectivity index (χ0) is 19.5. The number of nitrogens with zero attached hydrogens (tertiary/aromatic N) is 3. The van der Waals surface area contributed by atoms with Crippen molar-refractivity contribution < 1.29 is 9.53 Å². The fourth-order valence-corrected chi connectivity index (χ4v) is 4.51. The van der Waals surface area contributed by atoms with Crippen LogP contribution < -0.4 is 4.74 Å². The van der Waals surface area contributed by atoms with Gasteiger partial charge >= 0.3 is 0 Å². The van der Waals surface area contributed by atoms with E-state index < -0.39 is 0 Å². The van der Waals surface area contributed by atoms with Gasteiger partial charge in [0.2, 0.25) is 0 Å². The molecule has 1 aromatic heterocycles. The van der Waals surface area contributed by atoms with Crippen LogP contribution in [0.3, 0.4) is 0 Å². The third-order valence-electron chi connectivity index (χ3n) is 5.27. The Morgan fingerprint density at radius 1 is 1.11 bits per heavy atom. The summed E-state index contributed by atoms with van der Waals surface area (Å²) in [4.78, 5) is 21.6. The molecule has 3 aromatic rings. The summed E-state index contributed by atoms with van der Waals surface area (Å²) >= 11 is 1.76. The number of carbonyl (C=O) groups is 1. The van der Waals surface area contributed by atoms with E-state index in [-0.39, 0.29) is 18.6 Å². The lowest BCUT2D eigenvalue weighted by atomic mass is 10.2. The van der Waals surface area contributed by atoms with Gasteiger partial charge in [0, 0.05) is 26.2 Å². The molecule has 4 rings (SSSR count). The normalized spacial score (nSPS) is 16.3. The minimum Gasteiger partial charge on any atom is -0.484 e. The molecule has 1 aliphatic rings. The van der Waals surface area contributed by atoms with Crippen molar-refractivity contribution >= 4 is 27.5 Å². The highest BCUT2D eigenvalue weighted by Gasteiger charge is 2.26. The van der Waals surface area contributed by atoms with Gasteiger partial charge in [0.05, 0.1) is 16.3 Å². The highest BCUT2D eigenvalue weighted by molar-refractivity contribution is 7.18. The fourth-order valence-electron chi connectivity index (χ4n) is 3.45. The van der Waals surface area contributed by atoms with E-state index in [9.17, 15) is 4.79 Å². The van der Waals surface area contributed by atoms with Gasteiger partial charge in [-0.15, -0.1) is 11.3 Å². The minimum atomic E-state index is 0.0489. The molecule has 0 radical (unpaired) electrons. The third kappa shape index (κ3) is 4.18. The molecule has 0 N–H and O–H groups in total. The van der Waals surface area contributed by atoms with Gasteiger partial charge in [0.25, 0.3) is 5.91 Å². The number of hydrogen-bond acceptors (Lipinski definition) is 5.